The fourth-order valence-electron chi connectivity index (χ4n) is 3.38. The predicted octanol–water partition coefficient (Wildman–Crippen LogP) is 6.06. The van der Waals surface area contributed by atoms with Gasteiger partial charge in [0.2, 0.25) is 0 Å². The van der Waals surface area contributed by atoms with Gasteiger partial charge >= 0.3 is 5.97 Å². The Labute approximate surface area is 162 Å². The van der Waals surface area contributed by atoms with Crippen LogP contribution in [0.25, 0.3) is 11.1 Å². The van der Waals surface area contributed by atoms with Crippen molar-refractivity contribution in [3.8, 4) is 16.9 Å². The lowest BCUT2D eigenvalue weighted by Gasteiger charge is -2.29. The Hall–Kier alpha value is -2.50. The Bertz CT molecular complexity index is 862. The molecular weight excluding hydrogens is 369 g/mol. The molecule has 2 aromatic carbocycles. The van der Waals surface area contributed by atoms with Crippen molar-refractivity contribution < 1.29 is 27.8 Å². The minimum atomic E-state index is -1.30. The number of carboxylic acid groups (broad SMARTS) is 1. The molecule has 0 heterocycles. The fraction of sp³-hybridized carbons (Fsp3) is 0.409. The summed E-state index contributed by atoms with van der Waals surface area (Å²) in [5.74, 6) is -5.28. The van der Waals surface area contributed by atoms with Gasteiger partial charge in [-0.25, -0.2) is 13.2 Å². The minimum absolute atomic E-state index is 0.0878. The first kappa shape index (κ1) is 20.2. The topological polar surface area (TPSA) is 46.5 Å². The number of aliphatic carboxylic acids is 1. The molecule has 0 amide bonds. The maximum absolute atomic E-state index is 15.4. The van der Waals surface area contributed by atoms with Crippen LogP contribution in [0.15, 0.2) is 30.3 Å². The summed E-state index contributed by atoms with van der Waals surface area (Å²) in [6, 6.07) is 6.46. The molecule has 3 nitrogen and oxygen atoms in total. The van der Waals surface area contributed by atoms with E-state index in [1.54, 1.807) is 0 Å². The highest BCUT2D eigenvalue weighted by atomic mass is 19.1. The standard InChI is InChI=1S/C22H23F3O3/c1-2-3-10-16(22(26)27)19-18(24)12-17(13-6-4-7-14(23)11-13)21(20(19)25)28-15-8-5-9-15/h4,6-7,11-12,15-16H,2-3,5,8-10H2,1H3,(H,26,27). The van der Waals surface area contributed by atoms with Gasteiger partial charge in [0.15, 0.2) is 11.6 Å². The molecule has 6 heteroatoms. The lowest BCUT2D eigenvalue weighted by Crippen LogP contribution is -2.26. The molecule has 0 radical (unpaired) electrons. The van der Waals surface area contributed by atoms with Gasteiger partial charge in [0.1, 0.15) is 11.6 Å². The zero-order valence-electron chi connectivity index (χ0n) is 15.7. The molecule has 3 rings (SSSR count). The Morgan fingerprint density at radius 1 is 1.25 bits per heavy atom. The van der Waals surface area contributed by atoms with Crippen LogP contribution in [0.3, 0.4) is 0 Å². The van der Waals surface area contributed by atoms with E-state index in [9.17, 15) is 18.7 Å². The summed E-state index contributed by atoms with van der Waals surface area (Å²) < 4.78 is 49.8. The third-order valence-corrected chi connectivity index (χ3v) is 5.17. The second kappa shape index (κ2) is 8.67. The van der Waals surface area contributed by atoms with Gasteiger partial charge < -0.3 is 9.84 Å². The van der Waals surface area contributed by atoms with Crippen LogP contribution in [-0.4, -0.2) is 17.2 Å². The van der Waals surface area contributed by atoms with Gasteiger partial charge in [-0.15, -0.1) is 0 Å². The lowest BCUT2D eigenvalue weighted by molar-refractivity contribution is -0.139. The number of hydrogen-bond acceptors (Lipinski definition) is 2. The summed E-state index contributed by atoms with van der Waals surface area (Å²) in [7, 11) is 0. The molecule has 0 bridgehead atoms. The molecule has 1 fully saturated rings. The number of carbonyl (C=O) groups is 1. The van der Waals surface area contributed by atoms with E-state index < -0.39 is 34.9 Å². The second-order valence-corrected chi connectivity index (χ2v) is 7.18. The molecule has 1 aliphatic carbocycles. The van der Waals surface area contributed by atoms with Crippen LogP contribution >= 0.6 is 0 Å². The van der Waals surface area contributed by atoms with Crippen molar-refractivity contribution in [2.75, 3.05) is 0 Å². The molecule has 28 heavy (non-hydrogen) atoms. The number of halogens is 3. The quantitative estimate of drug-likeness (QED) is 0.594. The van der Waals surface area contributed by atoms with Crippen molar-refractivity contribution in [3.05, 3.63) is 53.3 Å². The van der Waals surface area contributed by atoms with Crippen molar-refractivity contribution in [1.29, 1.82) is 0 Å². The molecule has 2 aromatic rings. The smallest absolute Gasteiger partial charge is 0.311 e. The van der Waals surface area contributed by atoms with Gasteiger partial charge in [0, 0.05) is 11.1 Å². The fourth-order valence-corrected chi connectivity index (χ4v) is 3.38. The zero-order valence-corrected chi connectivity index (χ0v) is 15.7. The highest BCUT2D eigenvalue weighted by Gasteiger charge is 2.32. The van der Waals surface area contributed by atoms with Gasteiger partial charge in [-0.2, -0.15) is 0 Å². The van der Waals surface area contributed by atoms with Crippen LogP contribution in [-0.2, 0) is 4.79 Å². The monoisotopic (exact) mass is 392 g/mol. The zero-order chi connectivity index (χ0) is 20.3. The van der Waals surface area contributed by atoms with E-state index in [1.807, 2.05) is 6.92 Å². The van der Waals surface area contributed by atoms with Crippen LogP contribution in [0.5, 0.6) is 5.75 Å². The van der Waals surface area contributed by atoms with E-state index in [4.69, 9.17) is 4.74 Å². The number of carboxylic acids is 1. The molecule has 0 aliphatic heterocycles. The van der Waals surface area contributed by atoms with Gasteiger partial charge in [-0.3, -0.25) is 4.79 Å². The number of rotatable bonds is 8. The molecule has 1 saturated carbocycles. The van der Waals surface area contributed by atoms with Crippen LogP contribution in [0.4, 0.5) is 13.2 Å². The first-order valence-corrected chi connectivity index (χ1v) is 9.59. The van der Waals surface area contributed by atoms with Gasteiger partial charge in [-0.1, -0.05) is 31.9 Å². The van der Waals surface area contributed by atoms with Gasteiger partial charge in [0.25, 0.3) is 0 Å². The normalized spacial score (nSPS) is 15.1. The predicted molar refractivity (Wildman–Crippen MR) is 99.9 cm³/mol. The Morgan fingerprint density at radius 3 is 2.57 bits per heavy atom. The van der Waals surface area contributed by atoms with Crippen LogP contribution in [0.2, 0.25) is 0 Å². The van der Waals surface area contributed by atoms with E-state index in [-0.39, 0.29) is 29.4 Å². The summed E-state index contributed by atoms with van der Waals surface area (Å²) in [5.41, 5.74) is -0.126. The van der Waals surface area contributed by atoms with E-state index >= 15 is 4.39 Å². The van der Waals surface area contributed by atoms with Crippen molar-refractivity contribution in [2.24, 2.45) is 0 Å². The summed E-state index contributed by atoms with van der Waals surface area (Å²) in [5, 5.41) is 9.53. The first-order valence-electron chi connectivity index (χ1n) is 9.59. The third-order valence-electron chi connectivity index (χ3n) is 5.17. The molecule has 0 spiro atoms. The second-order valence-electron chi connectivity index (χ2n) is 7.18. The average molecular weight is 392 g/mol. The van der Waals surface area contributed by atoms with Gasteiger partial charge in [-0.05, 0) is 49.4 Å². The maximum Gasteiger partial charge on any atom is 0.311 e. The molecular formula is C22H23F3O3. The number of hydrogen-bond donors (Lipinski definition) is 1. The summed E-state index contributed by atoms with van der Waals surface area (Å²) in [6.45, 7) is 1.88. The maximum atomic E-state index is 15.4. The van der Waals surface area contributed by atoms with Crippen LogP contribution in [0, 0.1) is 17.5 Å². The molecule has 0 saturated heterocycles. The van der Waals surface area contributed by atoms with Gasteiger partial charge in [0.05, 0.1) is 12.0 Å². The SMILES string of the molecule is CCCCC(C(=O)O)c1c(F)cc(-c2cccc(F)c2)c(OC2CCC2)c1F. The van der Waals surface area contributed by atoms with Crippen molar-refractivity contribution in [3.63, 3.8) is 0 Å². The highest BCUT2D eigenvalue weighted by Crippen LogP contribution is 2.41. The van der Waals surface area contributed by atoms with E-state index in [1.165, 1.54) is 24.3 Å². The molecule has 1 aliphatic rings. The number of ether oxygens (including phenoxy) is 1. The third kappa shape index (κ3) is 4.16. The number of unbranched alkanes of at least 4 members (excludes halogenated alkanes) is 1. The molecule has 1 N–H and O–H groups in total. The van der Waals surface area contributed by atoms with Crippen LogP contribution in [0.1, 0.15) is 56.9 Å². The Kier molecular flexibility index (Phi) is 6.27. The van der Waals surface area contributed by atoms with E-state index in [0.717, 1.165) is 25.3 Å². The van der Waals surface area contributed by atoms with Crippen molar-refractivity contribution in [1.82, 2.24) is 0 Å². The Balaban J connectivity index is 2.14. The lowest BCUT2D eigenvalue weighted by atomic mass is 9.89. The van der Waals surface area contributed by atoms with Crippen molar-refractivity contribution >= 4 is 5.97 Å². The minimum Gasteiger partial charge on any atom is -0.487 e. The largest absolute Gasteiger partial charge is 0.487 e. The van der Waals surface area contributed by atoms with E-state index in [2.05, 4.69) is 0 Å². The molecule has 0 aromatic heterocycles. The molecule has 1 atom stereocenters. The summed E-state index contributed by atoms with van der Waals surface area (Å²) >= 11 is 0. The first-order chi connectivity index (χ1) is 13.4. The highest BCUT2D eigenvalue weighted by molar-refractivity contribution is 5.78. The summed E-state index contributed by atoms with van der Waals surface area (Å²) in [4.78, 5) is 11.7. The molecule has 150 valence electrons. The number of benzene rings is 2. The van der Waals surface area contributed by atoms with Crippen molar-refractivity contribution in [2.45, 2.75) is 57.5 Å². The Morgan fingerprint density at radius 2 is 2.00 bits per heavy atom. The van der Waals surface area contributed by atoms with E-state index in [0.29, 0.717) is 12.8 Å². The summed E-state index contributed by atoms with van der Waals surface area (Å²) in [6.07, 6.45) is 3.59. The molecule has 1 unspecified atom stereocenters. The average Bonchev–Trinajstić information content (AvgIpc) is 2.61. The van der Waals surface area contributed by atoms with Crippen LogP contribution < -0.4 is 4.74 Å².